The molecule has 0 radical (unpaired) electrons. The smallest absolute Gasteiger partial charge is 0.338 e. The Morgan fingerprint density at radius 2 is 1.36 bits per heavy atom. The zero-order valence-electron chi connectivity index (χ0n) is 24.4. The van der Waals surface area contributed by atoms with E-state index in [9.17, 15) is 19.2 Å². The van der Waals surface area contributed by atoms with Gasteiger partial charge in [0.05, 0.1) is 23.1 Å². The van der Waals surface area contributed by atoms with E-state index in [1.54, 1.807) is 36.4 Å². The summed E-state index contributed by atoms with van der Waals surface area (Å²) in [6.45, 7) is 1.94. The molecule has 0 spiro atoms. The normalized spacial score (nSPS) is 20.1. The summed E-state index contributed by atoms with van der Waals surface area (Å²) in [6.07, 6.45) is 1.17. The van der Waals surface area contributed by atoms with Crippen molar-refractivity contribution in [2.45, 2.75) is 44.8 Å². The van der Waals surface area contributed by atoms with E-state index in [4.69, 9.17) is 9.47 Å². The number of nitrogens with zero attached hydrogens (tertiary/aromatic N) is 1. The SMILES string of the molecule is C[C@H](OC(=O)c1ccc(N2C(=O)[C@@H]3CC[C@@H](c4ccccc4)C[C@H]3C2=O)cc1)C(=O)c1ccc(OCc2ccccc2)cc1. The van der Waals surface area contributed by atoms with Crippen LogP contribution in [-0.2, 0) is 20.9 Å². The first-order valence-electron chi connectivity index (χ1n) is 14.9. The van der Waals surface area contributed by atoms with Crippen molar-refractivity contribution in [3.8, 4) is 5.75 Å². The third kappa shape index (κ3) is 6.04. The zero-order valence-corrected chi connectivity index (χ0v) is 24.4. The van der Waals surface area contributed by atoms with Crippen LogP contribution in [0, 0.1) is 11.8 Å². The van der Waals surface area contributed by atoms with E-state index in [-0.39, 0.29) is 40.9 Å². The van der Waals surface area contributed by atoms with Crippen molar-refractivity contribution >= 4 is 29.3 Å². The zero-order chi connectivity index (χ0) is 30.6. The standard InChI is InChI=1S/C37H33NO6/c1-24(34(39)27-14-19-31(20-15-27)43-23-25-8-4-2-5-9-25)44-37(42)28-12-17-30(18-13-28)38-35(40)32-21-16-29(22-33(32)36(38)41)26-10-6-3-7-11-26/h2-15,17-20,24,29,32-33H,16,21-23H2,1H3/t24-,29+,32+,33+/m0/s1. The topological polar surface area (TPSA) is 90.0 Å². The van der Waals surface area contributed by atoms with Gasteiger partial charge >= 0.3 is 5.97 Å². The molecule has 7 nitrogen and oxygen atoms in total. The molecule has 0 N–H and O–H groups in total. The Bertz CT molecular complexity index is 1650. The second-order valence-electron chi connectivity index (χ2n) is 11.4. The molecule has 1 aliphatic heterocycles. The van der Waals surface area contributed by atoms with Crippen LogP contribution in [0.5, 0.6) is 5.75 Å². The van der Waals surface area contributed by atoms with Crippen LogP contribution in [0.15, 0.2) is 109 Å². The lowest BCUT2D eigenvalue weighted by Crippen LogP contribution is -2.31. The first kappa shape index (κ1) is 29.1. The molecule has 1 saturated carbocycles. The second kappa shape index (κ2) is 12.7. The molecule has 2 aliphatic rings. The predicted molar refractivity (Wildman–Crippen MR) is 165 cm³/mol. The number of ether oxygens (including phenoxy) is 2. The molecule has 2 amide bonds. The molecule has 1 heterocycles. The van der Waals surface area contributed by atoms with E-state index >= 15 is 0 Å². The Morgan fingerprint density at radius 1 is 0.750 bits per heavy atom. The van der Waals surface area contributed by atoms with Crippen LogP contribution in [0.3, 0.4) is 0 Å². The van der Waals surface area contributed by atoms with E-state index in [0.717, 1.165) is 12.0 Å². The molecule has 7 heteroatoms. The molecule has 4 atom stereocenters. The number of rotatable bonds is 9. The maximum Gasteiger partial charge on any atom is 0.338 e. The lowest BCUT2D eigenvalue weighted by molar-refractivity contribution is -0.122. The highest BCUT2D eigenvalue weighted by Gasteiger charge is 2.50. The molecule has 2 fully saturated rings. The number of ketones is 1. The number of hydrogen-bond donors (Lipinski definition) is 0. The number of benzene rings is 4. The van der Waals surface area contributed by atoms with Gasteiger partial charge in [0, 0.05) is 5.56 Å². The molecule has 0 bridgehead atoms. The summed E-state index contributed by atoms with van der Waals surface area (Å²) in [6, 6.07) is 32.8. The average molecular weight is 588 g/mol. The summed E-state index contributed by atoms with van der Waals surface area (Å²) in [5, 5.41) is 0. The van der Waals surface area contributed by atoms with Gasteiger partial charge < -0.3 is 9.47 Å². The first-order chi connectivity index (χ1) is 21.4. The van der Waals surface area contributed by atoms with Crippen LogP contribution >= 0.6 is 0 Å². The Hall–Kier alpha value is -5.04. The van der Waals surface area contributed by atoms with Crippen LogP contribution in [0.4, 0.5) is 5.69 Å². The fourth-order valence-corrected chi connectivity index (χ4v) is 6.18. The van der Waals surface area contributed by atoms with Gasteiger partial charge in [0.2, 0.25) is 17.6 Å². The molecule has 1 aliphatic carbocycles. The van der Waals surface area contributed by atoms with Crippen LogP contribution in [0.2, 0.25) is 0 Å². The number of esters is 1. The number of carbonyl (C=O) groups excluding carboxylic acids is 4. The van der Waals surface area contributed by atoms with Gasteiger partial charge in [-0.2, -0.15) is 0 Å². The molecular formula is C37H33NO6. The average Bonchev–Trinajstić information content (AvgIpc) is 3.32. The summed E-state index contributed by atoms with van der Waals surface area (Å²) in [4.78, 5) is 53.7. The van der Waals surface area contributed by atoms with Crippen LogP contribution in [0.1, 0.15) is 63.9 Å². The third-order valence-electron chi connectivity index (χ3n) is 8.60. The van der Waals surface area contributed by atoms with Crippen molar-refractivity contribution in [2.75, 3.05) is 4.90 Å². The lowest BCUT2D eigenvalue weighted by atomic mass is 9.73. The molecule has 6 rings (SSSR count). The Balaban J connectivity index is 1.05. The molecule has 222 valence electrons. The Morgan fingerprint density at radius 3 is 2.05 bits per heavy atom. The summed E-state index contributed by atoms with van der Waals surface area (Å²) >= 11 is 0. The summed E-state index contributed by atoms with van der Waals surface area (Å²) in [5.41, 5.74) is 3.29. The van der Waals surface area contributed by atoms with Gasteiger partial charge in [-0.25, -0.2) is 4.79 Å². The maximum absolute atomic E-state index is 13.4. The minimum Gasteiger partial charge on any atom is -0.489 e. The highest BCUT2D eigenvalue weighted by atomic mass is 16.5. The Kier molecular flexibility index (Phi) is 8.37. The summed E-state index contributed by atoms with van der Waals surface area (Å²) in [7, 11) is 0. The molecule has 4 aromatic carbocycles. The quantitative estimate of drug-likeness (QED) is 0.122. The molecule has 4 aromatic rings. The van der Waals surface area contributed by atoms with Crippen molar-refractivity contribution in [1.29, 1.82) is 0 Å². The molecular weight excluding hydrogens is 554 g/mol. The molecule has 0 unspecified atom stereocenters. The van der Waals surface area contributed by atoms with Gasteiger partial charge in [0.1, 0.15) is 12.4 Å². The highest BCUT2D eigenvalue weighted by molar-refractivity contribution is 6.22. The number of hydrogen-bond acceptors (Lipinski definition) is 6. The fourth-order valence-electron chi connectivity index (χ4n) is 6.18. The fraction of sp³-hybridized carbons (Fsp3) is 0.243. The largest absolute Gasteiger partial charge is 0.489 e. The lowest BCUT2D eigenvalue weighted by Gasteiger charge is -2.28. The summed E-state index contributed by atoms with van der Waals surface area (Å²) < 4.78 is 11.2. The number of Topliss-reactive ketones (excluding diaryl/α,β-unsaturated/α-hetero) is 1. The van der Waals surface area contributed by atoms with Gasteiger partial charge in [-0.1, -0.05) is 60.7 Å². The van der Waals surface area contributed by atoms with Crippen molar-refractivity contribution in [3.05, 3.63) is 131 Å². The van der Waals surface area contributed by atoms with Crippen molar-refractivity contribution in [1.82, 2.24) is 0 Å². The van der Waals surface area contributed by atoms with Gasteiger partial charge in [0.25, 0.3) is 0 Å². The highest BCUT2D eigenvalue weighted by Crippen LogP contribution is 2.45. The molecule has 1 saturated heterocycles. The van der Waals surface area contributed by atoms with Crippen molar-refractivity contribution in [2.24, 2.45) is 11.8 Å². The number of imide groups is 1. The van der Waals surface area contributed by atoms with E-state index in [0.29, 0.717) is 36.4 Å². The van der Waals surface area contributed by atoms with E-state index in [1.165, 1.54) is 29.5 Å². The number of amides is 2. The van der Waals surface area contributed by atoms with Crippen LogP contribution in [-0.4, -0.2) is 29.7 Å². The third-order valence-corrected chi connectivity index (χ3v) is 8.60. The Labute approximate surface area is 256 Å². The molecule has 0 aromatic heterocycles. The first-order valence-corrected chi connectivity index (χ1v) is 14.9. The van der Waals surface area contributed by atoms with Crippen molar-refractivity contribution < 1.29 is 28.7 Å². The van der Waals surface area contributed by atoms with E-state index in [2.05, 4.69) is 12.1 Å². The van der Waals surface area contributed by atoms with Gasteiger partial charge in [-0.05, 0) is 91.8 Å². The minimum absolute atomic E-state index is 0.183. The maximum atomic E-state index is 13.4. The second-order valence-corrected chi connectivity index (χ2v) is 11.4. The van der Waals surface area contributed by atoms with Gasteiger partial charge in [-0.15, -0.1) is 0 Å². The van der Waals surface area contributed by atoms with E-state index < -0.39 is 12.1 Å². The predicted octanol–water partition coefficient (Wildman–Crippen LogP) is 6.77. The van der Waals surface area contributed by atoms with Crippen molar-refractivity contribution in [3.63, 3.8) is 0 Å². The number of anilines is 1. The monoisotopic (exact) mass is 587 g/mol. The van der Waals surface area contributed by atoms with Crippen LogP contribution in [0.25, 0.3) is 0 Å². The van der Waals surface area contributed by atoms with E-state index in [1.807, 2.05) is 48.5 Å². The summed E-state index contributed by atoms with van der Waals surface area (Å²) in [5.74, 6) is -1.16. The number of fused-ring (bicyclic) bond motifs is 1. The molecule has 44 heavy (non-hydrogen) atoms. The van der Waals surface area contributed by atoms with Gasteiger partial charge in [-0.3, -0.25) is 19.3 Å². The van der Waals surface area contributed by atoms with Gasteiger partial charge in [0.15, 0.2) is 6.10 Å². The minimum atomic E-state index is -1.01. The van der Waals surface area contributed by atoms with Crippen LogP contribution < -0.4 is 9.64 Å². The number of carbonyl (C=O) groups is 4.